The minimum absolute atomic E-state index is 0.0387. The Kier molecular flexibility index (Phi) is 2.78. The van der Waals surface area contributed by atoms with Crippen LogP contribution in [0.5, 0.6) is 0 Å². The van der Waals surface area contributed by atoms with E-state index < -0.39 is 5.92 Å². The third-order valence-electron chi connectivity index (χ3n) is 3.31. The molecular formula is C14H15NO. The predicted molar refractivity (Wildman–Crippen MR) is 61.8 cm³/mol. The molecule has 0 radical (unpaired) electrons. The van der Waals surface area contributed by atoms with Crippen LogP contribution in [0, 0.1) is 23.2 Å². The topological polar surface area (TPSA) is 40.9 Å². The molecular weight excluding hydrogens is 198 g/mol. The lowest BCUT2D eigenvalue weighted by atomic mass is 9.71. The number of Topliss-reactive ketones (excluding diaryl/α,β-unsaturated/α-hetero) is 1. The normalized spacial score (nSPS) is 19.5. The van der Waals surface area contributed by atoms with E-state index in [9.17, 15) is 4.79 Å². The Morgan fingerprint density at radius 3 is 2.69 bits per heavy atom. The quantitative estimate of drug-likeness (QED) is 0.774. The molecule has 1 aromatic carbocycles. The summed E-state index contributed by atoms with van der Waals surface area (Å²) in [6.07, 6.45) is 0.805. The first kappa shape index (κ1) is 10.9. The van der Waals surface area contributed by atoms with Crippen LogP contribution in [0.15, 0.2) is 24.3 Å². The van der Waals surface area contributed by atoms with Crippen LogP contribution >= 0.6 is 0 Å². The van der Waals surface area contributed by atoms with Gasteiger partial charge in [0.15, 0.2) is 5.78 Å². The van der Waals surface area contributed by atoms with Crippen molar-refractivity contribution < 1.29 is 4.79 Å². The average molecular weight is 213 g/mol. The molecule has 2 rings (SSSR count). The summed E-state index contributed by atoms with van der Waals surface area (Å²) in [7, 11) is 0. The molecule has 0 amide bonds. The van der Waals surface area contributed by atoms with E-state index in [4.69, 9.17) is 5.26 Å². The first-order valence-electron chi connectivity index (χ1n) is 5.66. The lowest BCUT2D eigenvalue weighted by Crippen LogP contribution is -2.32. The summed E-state index contributed by atoms with van der Waals surface area (Å²) in [6, 6.07) is 10.1. The number of hydrogen-bond acceptors (Lipinski definition) is 2. The third kappa shape index (κ3) is 1.63. The van der Waals surface area contributed by atoms with Gasteiger partial charge in [0.05, 0.1) is 6.07 Å². The standard InChI is InChI=1S/C14H15NO/c1-9(2)13(8-15)14(16)12-7-10-5-3-4-6-11(10)12/h3-6,9,12-13H,7H2,1-2H3. The van der Waals surface area contributed by atoms with Crippen LogP contribution < -0.4 is 0 Å². The smallest absolute Gasteiger partial charge is 0.158 e. The van der Waals surface area contributed by atoms with Gasteiger partial charge in [0.2, 0.25) is 0 Å². The zero-order valence-electron chi connectivity index (χ0n) is 9.60. The van der Waals surface area contributed by atoms with Crippen molar-refractivity contribution in [3.63, 3.8) is 0 Å². The van der Waals surface area contributed by atoms with E-state index in [1.807, 2.05) is 32.0 Å². The molecule has 0 fully saturated rings. The van der Waals surface area contributed by atoms with Gasteiger partial charge in [-0.25, -0.2) is 0 Å². The summed E-state index contributed by atoms with van der Waals surface area (Å²) in [5.74, 6) is -0.303. The number of ketones is 1. The van der Waals surface area contributed by atoms with Crippen molar-refractivity contribution >= 4 is 5.78 Å². The summed E-state index contributed by atoms with van der Waals surface area (Å²) in [5.41, 5.74) is 2.37. The van der Waals surface area contributed by atoms with E-state index in [-0.39, 0.29) is 17.6 Å². The Balaban J connectivity index is 2.19. The molecule has 1 aliphatic rings. The maximum Gasteiger partial charge on any atom is 0.158 e. The monoisotopic (exact) mass is 213 g/mol. The minimum atomic E-state index is -0.460. The molecule has 0 saturated carbocycles. The largest absolute Gasteiger partial charge is 0.298 e. The highest BCUT2D eigenvalue weighted by molar-refractivity contribution is 5.92. The molecule has 0 aliphatic heterocycles. The van der Waals surface area contributed by atoms with E-state index in [0.29, 0.717) is 0 Å². The molecule has 2 heteroatoms. The molecule has 2 nitrogen and oxygen atoms in total. The maximum absolute atomic E-state index is 12.1. The van der Waals surface area contributed by atoms with Crippen molar-refractivity contribution in [3.8, 4) is 6.07 Å². The lowest BCUT2D eigenvalue weighted by molar-refractivity contribution is -0.124. The fraction of sp³-hybridized carbons (Fsp3) is 0.429. The van der Waals surface area contributed by atoms with E-state index >= 15 is 0 Å². The van der Waals surface area contributed by atoms with Gasteiger partial charge in [0.1, 0.15) is 5.92 Å². The number of carbonyl (C=O) groups is 1. The lowest BCUT2D eigenvalue weighted by Gasteiger charge is -2.30. The second kappa shape index (κ2) is 4.09. The Morgan fingerprint density at radius 2 is 2.12 bits per heavy atom. The molecule has 0 bridgehead atoms. The van der Waals surface area contributed by atoms with Gasteiger partial charge in [0.25, 0.3) is 0 Å². The number of nitriles is 1. The van der Waals surface area contributed by atoms with Gasteiger partial charge in [0, 0.05) is 5.92 Å². The summed E-state index contributed by atoms with van der Waals surface area (Å²) >= 11 is 0. The first-order chi connectivity index (χ1) is 7.65. The van der Waals surface area contributed by atoms with Crippen LogP contribution in [0.25, 0.3) is 0 Å². The van der Waals surface area contributed by atoms with E-state index in [1.165, 1.54) is 5.56 Å². The number of carbonyl (C=O) groups excluding carboxylic acids is 1. The highest BCUT2D eigenvalue weighted by Gasteiger charge is 2.36. The van der Waals surface area contributed by atoms with E-state index in [2.05, 4.69) is 12.1 Å². The fourth-order valence-corrected chi connectivity index (χ4v) is 2.27. The van der Waals surface area contributed by atoms with Crippen molar-refractivity contribution in [3.05, 3.63) is 35.4 Å². The van der Waals surface area contributed by atoms with Crippen molar-refractivity contribution in [1.29, 1.82) is 5.26 Å². The van der Waals surface area contributed by atoms with Crippen LogP contribution in [0.4, 0.5) is 0 Å². The van der Waals surface area contributed by atoms with Gasteiger partial charge in [-0.1, -0.05) is 38.1 Å². The summed E-state index contributed by atoms with van der Waals surface area (Å²) in [5, 5.41) is 9.01. The minimum Gasteiger partial charge on any atom is -0.298 e. The summed E-state index contributed by atoms with van der Waals surface area (Å²) < 4.78 is 0. The number of rotatable bonds is 3. The third-order valence-corrected chi connectivity index (χ3v) is 3.31. The number of hydrogen-bond donors (Lipinski definition) is 0. The molecule has 0 spiro atoms. The highest BCUT2D eigenvalue weighted by Crippen LogP contribution is 2.38. The van der Waals surface area contributed by atoms with Crippen LogP contribution in [-0.4, -0.2) is 5.78 Å². The van der Waals surface area contributed by atoms with Gasteiger partial charge in [-0.3, -0.25) is 4.79 Å². The zero-order chi connectivity index (χ0) is 11.7. The van der Waals surface area contributed by atoms with Crippen LogP contribution in [0.2, 0.25) is 0 Å². The second-order valence-electron chi connectivity index (χ2n) is 4.71. The molecule has 0 heterocycles. The van der Waals surface area contributed by atoms with E-state index in [1.54, 1.807) is 0 Å². The SMILES string of the molecule is CC(C)C(C#N)C(=O)C1Cc2ccccc21. The number of benzene rings is 1. The molecule has 0 aromatic heterocycles. The van der Waals surface area contributed by atoms with Crippen molar-refractivity contribution in [2.45, 2.75) is 26.2 Å². The Hall–Kier alpha value is -1.62. The molecule has 0 N–H and O–H groups in total. The van der Waals surface area contributed by atoms with Crippen molar-refractivity contribution in [2.75, 3.05) is 0 Å². The molecule has 82 valence electrons. The Morgan fingerprint density at radius 1 is 1.44 bits per heavy atom. The fourth-order valence-electron chi connectivity index (χ4n) is 2.27. The Bertz CT molecular complexity index is 456. The predicted octanol–water partition coefficient (Wildman–Crippen LogP) is 2.69. The van der Waals surface area contributed by atoms with Crippen LogP contribution in [-0.2, 0) is 11.2 Å². The van der Waals surface area contributed by atoms with Crippen LogP contribution in [0.1, 0.15) is 30.9 Å². The van der Waals surface area contributed by atoms with Crippen LogP contribution in [0.3, 0.4) is 0 Å². The van der Waals surface area contributed by atoms with Gasteiger partial charge in [-0.05, 0) is 23.5 Å². The van der Waals surface area contributed by atoms with Gasteiger partial charge < -0.3 is 0 Å². The molecule has 16 heavy (non-hydrogen) atoms. The molecule has 1 aromatic rings. The number of fused-ring (bicyclic) bond motifs is 1. The van der Waals surface area contributed by atoms with Gasteiger partial charge in [-0.15, -0.1) is 0 Å². The first-order valence-corrected chi connectivity index (χ1v) is 5.66. The zero-order valence-corrected chi connectivity index (χ0v) is 9.60. The van der Waals surface area contributed by atoms with Crippen molar-refractivity contribution in [2.24, 2.45) is 11.8 Å². The average Bonchev–Trinajstić information content (AvgIpc) is 2.20. The molecule has 2 atom stereocenters. The second-order valence-corrected chi connectivity index (χ2v) is 4.71. The van der Waals surface area contributed by atoms with Crippen molar-refractivity contribution in [1.82, 2.24) is 0 Å². The molecule has 0 saturated heterocycles. The molecule has 2 unspecified atom stereocenters. The molecule has 1 aliphatic carbocycles. The highest BCUT2D eigenvalue weighted by atomic mass is 16.1. The number of nitrogens with zero attached hydrogens (tertiary/aromatic N) is 1. The maximum atomic E-state index is 12.1. The van der Waals surface area contributed by atoms with Gasteiger partial charge >= 0.3 is 0 Å². The van der Waals surface area contributed by atoms with E-state index in [0.717, 1.165) is 12.0 Å². The Labute approximate surface area is 95.9 Å². The van der Waals surface area contributed by atoms with Gasteiger partial charge in [-0.2, -0.15) is 5.26 Å². The summed E-state index contributed by atoms with van der Waals surface area (Å²) in [6.45, 7) is 3.85. The summed E-state index contributed by atoms with van der Waals surface area (Å²) in [4.78, 5) is 12.1.